The highest BCUT2D eigenvalue weighted by Crippen LogP contribution is 2.41. The van der Waals surface area contributed by atoms with E-state index in [9.17, 15) is 9.59 Å². The number of rotatable bonds is 10. The summed E-state index contributed by atoms with van der Waals surface area (Å²) in [5.74, 6) is 0.876. The van der Waals surface area contributed by atoms with E-state index in [4.69, 9.17) is 0 Å². The Kier molecular flexibility index (Phi) is 9.15. The summed E-state index contributed by atoms with van der Waals surface area (Å²) in [5.41, 5.74) is 1.75. The molecular formula is C27H35N3O2S. The Balaban J connectivity index is 1.67. The van der Waals surface area contributed by atoms with Gasteiger partial charge in [0.15, 0.2) is 0 Å². The SMILES string of the molecule is CC(C)CN(CCNC(=O)CN1C(=O)/C(=C/c2ccccc2)Sc2ccccc21)CC(C)C. The van der Waals surface area contributed by atoms with Crippen molar-refractivity contribution in [3.05, 3.63) is 65.1 Å². The number of nitrogens with zero attached hydrogens (tertiary/aromatic N) is 2. The lowest BCUT2D eigenvalue weighted by Gasteiger charge is -2.30. The van der Waals surface area contributed by atoms with E-state index in [0.29, 0.717) is 23.3 Å². The summed E-state index contributed by atoms with van der Waals surface area (Å²) in [5, 5.41) is 3.02. The van der Waals surface area contributed by atoms with Gasteiger partial charge in [-0.05, 0) is 35.6 Å². The van der Waals surface area contributed by atoms with E-state index < -0.39 is 0 Å². The molecule has 1 aliphatic rings. The lowest BCUT2D eigenvalue weighted by atomic mass is 10.1. The average molecular weight is 466 g/mol. The Bertz CT molecular complexity index is 962. The molecule has 0 atom stereocenters. The number of nitrogens with one attached hydrogen (secondary N) is 1. The number of carbonyl (C=O) groups is 2. The first-order valence-corrected chi connectivity index (χ1v) is 12.5. The number of anilines is 1. The summed E-state index contributed by atoms with van der Waals surface area (Å²) in [4.78, 5) is 31.7. The fourth-order valence-electron chi connectivity index (χ4n) is 3.96. The Morgan fingerprint density at radius 3 is 2.30 bits per heavy atom. The molecule has 2 aromatic carbocycles. The summed E-state index contributed by atoms with van der Waals surface area (Å²) < 4.78 is 0. The van der Waals surface area contributed by atoms with Gasteiger partial charge in [0.2, 0.25) is 5.91 Å². The quantitative estimate of drug-likeness (QED) is 0.507. The van der Waals surface area contributed by atoms with E-state index in [1.807, 2.05) is 60.7 Å². The van der Waals surface area contributed by atoms with Crippen molar-refractivity contribution in [1.29, 1.82) is 0 Å². The third-order valence-corrected chi connectivity index (χ3v) is 6.31. The van der Waals surface area contributed by atoms with Crippen LogP contribution in [0.2, 0.25) is 0 Å². The molecule has 2 aromatic rings. The Labute approximate surface area is 202 Å². The molecule has 1 heterocycles. The lowest BCUT2D eigenvalue weighted by Crippen LogP contribution is -2.45. The molecule has 0 saturated carbocycles. The monoisotopic (exact) mass is 465 g/mol. The summed E-state index contributed by atoms with van der Waals surface area (Å²) in [6.07, 6.45) is 1.89. The highest BCUT2D eigenvalue weighted by atomic mass is 32.2. The standard InChI is InChI=1S/C27H35N3O2S/c1-20(2)17-29(18-21(3)4)15-14-28-26(31)19-30-23-12-8-9-13-24(23)33-25(27(30)32)16-22-10-6-5-7-11-22/h5-13,16,20-21H,14-15,17-19H2,1-4H3,(H,28,31)/b25-16-. The predicted octanol–water partition coefficient (Wildman–Crippen LogP) is 4.90. The first kappa shape index (κ1) is 25.1. The molecule has 0 radical (unpaired) electrons. The van der Waals surface area contributed by atoms with Crippen LogP contribution >= 0.6 is 11.8 Å². The van der Waals surface area contributed by atoms with Crippen LogP contribution in [0.4, 0.5) is 5.69 Å². The number of benzene rings is 2. The van der Waals surface area contributed by atoms with Gasteiger partial charge < -0.3 is 10.2 Å². The van der Waals surface area contributed by atoms with Gasteiger partial charge in [0.25, 0.3) is 5.91 Å². The van der Waals surface area contributed by atoms with Gasteiger partial charge in [0.05, 0.1) is 10.6 Å². The second-order valence-electron chi connectivity index (χ2n) is 9.28. The summed E-state index contributed by atoms with van der Waals surface area (Å²) in [7, 11) is 0. The number of thioether (sulfide) groups is 1. The van der Waals surface area contributed by atoms with E-state index >= 15 is 0 Å². The van der Waals surface area contributed by atoms with Gasteiger partial charge in [-0.25, -0.2) is 0 Å². The van der Waals surface area contributed by atoms with Crippen molar-refractivity contribution in [2.45, 2.75) is 32.6 Å². The van der Waals surface area contributed by atoms with Crippen molar-refractivity contribution in [3.63, 3.8) is 0 Å². The predicted molar refractivity (Wildman–Crippen MR) is 138 cm³/mol. The van der Waals surface area contributed by atoms with Gasteiger partial charge in [-0.2, -0.15) is 0 Å². The van der Waals surface area contributed by atoms with Crippen LogP contribution in [0.5, 0.6) is 0 Å². The fraction of sp³-hybridized carbons (Fsp3) is 0.407. The maximum Gasteiger partial charge on any atom is 0.265 e. The van der Waals surface area contributed by atoms with Gasteiger partial charge in [0, 0.05) is 31.1 Å². The summed E-state index contributed by atoms with van der Waals surface area (Å²) in [6.45, 7) is 12.3. The largest absolute Gasteiger partial charge is 0.353 e. The maximum absolute atomic E-state index is 13.3. The van der Waals surface area contributed by atoms with Gasteiger partial charge in [-0.3, -0.25) is 14.5 Å². The van der Waals surface area contributed by atoms with Gasteiger partial charge >= 0.3 is 0 Å². The maximum atomic E-state index is 13.3. The number of carbonyl (C=O) groups excluding carboxylic acids is 2. The van der Waals surface area contributed by atoms with E-state index in [2.05, 4.69) is 37.9 Å². The van der Waals surface area contributed by atoms with Crippen LogP contribution in [0.25, 0.3) is 6.08 Å². The number of amides is 2. The van der Waals surface area contributed by atoms with Crippen LogP contribution in [-0.4, -0.2) is 49.4 Å². The lowest BCUT2D eigenvalue weighted by molar-refractivity contribution is -0.122. The molecule has 0 bridgehead atoms. The molecule has 0 fully saturated rings. The molecule has 0 aliphatic carbocycles. The number of hydrogen-bond donors (Lipinski definition) is 1. The summed E-state index contributed by atoms with van der Waals surface area (Å²) >= 11 is 1.46. The minimum absolute atomic E-state index is 0.0108. The molecule has 6 heteroatoms. The molecule has 1 aliphatic heterocycles. The highest BCUT2D eigenvalue weighted by Gasteiger charge is 2.30. The van der Waals surface area contributed by atoms with Gasteiger partial charge in [-0.15, -0.1) is 0 Å². The topological polar surface area (TPSA) is 52.7 Å². The first-order valence-electron chi connectivity index (χ1n) is 11.7. The highest BCUT2D eigenvalue weighted by molar-refractivity contribution is 8.04. The minimum atomic E-state index is -0.141. The molecule has 2 amide bonds. The van der Waals surface area contributed by atoms with Crippen LogP contribution in [0, 0.1) is 11.8 Å². The fourth-order valence-corrected chi connectivity index (χ4v) is 5.02. The van der Waals surface area contributed by atoms with Gasteiger partial charge in [0.1, 0.15) is 6.54 Å². The number of para-hydroxylation sites is 1. The van der Waals surface area contributed by atoms with Crippen molar-refractivity contribution in [2.24, 2.45) is 11.8 Å². The third-order valence-electron chi connectivity index (χ3n) is 5.23. The van der Waals surface area contributed by atoms with Crippen molar-refractivity contribution < 1.29 is 9.59 Å². The van der Waals surface area contributed by atoms with Crippen molar-refractivity contribution >= 4 is 35.3 Å². The van der Waals surface area contributed by atoms with Crippen LogP contribution in [0.3, 0.4) is 0 Å². The zero-order chi connectivity index (χ0) is 23.8. The minimum Gasteiger partial charge on any atom is -0.353 e. The normalized spacial score (nSPS) is 14.9. The van der Waals surface area contributed by atoms with Crippen LogP contribution in [0.1, 0.15) is 33.3 Å². The molecule has 0 aromatic heterocycles. The summed E-state index contributed by atoms with van der Waals surface area (Å²) in [6, 6.07) is 17.5. The Hall–Kier alpha value is -2.57. The van der Waals surface area contributed by atoms with E-state index in [1.165, 1.54) is 11.8 Å². The number of hydrogen-bond acceptors (Lipinski definition) is 4. The molecule has 5 nitrogen and oxygen atoms in total. The van der Waals surface area contributed by atoms with Crippen LogP contribution < -0.4 is 10.2 Å². The smallest absolute Gasteiger partial charge is 0.265 e. The molecule has 3 rings (SSSR count). The average Bonchev–Trinajstić information content (AvgIpc) is 2.76. The zero-order valence-electron chi connectivity index (χ0n) is 20.1. The Morgan fingerprint density at radius 1 is 1.00 bits per heavy atom. The number of fused-ring (bicyclic) bond motifs is 1. The van der Waals surface area contributed by atoms with Gasteiger partial charge in [-0.1, -0.05) is 81.9 Å². The second kappa shape index (κ2) is 12.1. The van der Waals surface area contributed by atoms with Crippen LogP contribution in [-0.2, 0) is 9.59 Å². The first-order chi connectivity index (χ1) is 15.8. The third kappa shape index (κ3) is 7.47. The zero-order valence-corrected chi connectivity index (χ0v) is 20.9. The molecule has 33 heavy (non-hydrogen) atoms. The van der Waals surface area contributed by atoms with Crippen molar-refractivity contribution in [1.82, 2.24) is 10.2 Å². The molecular weight excluding hydrogens is 430 g/mol. The van der Waals surface area contributed by atoms with E-state index in [-0.39, 0.29) is 18.4 Å². The second-order valence-corrected chi connectivity index (χ2v) is 10.4. The molecule has 1 N–H and O–H groups in total. The van der Waals surface area contributed by atoms with Crippen LogP contribution in [0.15, 0.2) is 64.4 Å². The van der Waals surface area contributed by atoms with Crippen molar-refractivity contribution in [2.75, 3.05) is 37.6 Å². The molecule has 0 spiro atoms. The van der Waals surface area contributed by atoms with Crippen molar-refractivity contribution in [3.8, 4) is 0 Å². The molecule has 176 valence electrons. The molecule has 0 saturated heterocycles. The Morgan fingerprint density at radius 2 is 1.64 bits per heavy atom. The molecule has 0 unspecified atom stereocenters. The van der Waals surface area contributed by atoms with E-state index in [0.717, 1.165) is 35.8 Å². The van der Waals surface area contributed by atoms with E-state index in [1.54, 1.807) is 4.90 Å².